The van der Waals surface area contributed by atoms with Crippen LogP contribution in [-0.2, 0) is 24.4 Å². The van der Waals surface area contributed by atoms with Gasteiger partial charge in [-0.1, -0.05) is 33.5 Å². The van der Waals surface area contributed by atoms with E-state index in [1.165, 1.54) is 29.1 Å². The normalized spacial score (nSPS) is 12.1. The minimum absolute atomic E-state index is 0.0861. The van der Waals surface area contributed by atoms with Crippen molar-refractivity contribution in [2.45, 2.75) is 66.2 Å². The molecule has 0 aliphatic rings. The minimum atomic E-state index is -1.30. The predicted molar refractivity (Wildman–Crippen MR) is 134 cm³/mol. The van der Waals surface area contributed by atoms with Gasteiger partial charge in [-0.2, -0.15) is 0 Å². The first-order valence-corrected chi connectivity index (χ1v) is 15.2. The van der Waals surface area contributed by atoms with E-state index in [2.05, 4.69) is 24.6 Å². The summed E-state index contributed by atoms with van der Waals surface area (Å²) in [6.07, 6.45) is 3.29. The van der Waals surface area contributed by atoms with E-state index >= 15 is 0 Å². The van der Waals surface area contributed by atoms with Gasteiger partial charge < -0.3 is 13.9 Å². The van der Waals surface area contributed by atoms with Crippen LogP contribution in [0.25, 0.3) is 11.0 Å². The van der Waals surface area contributed by atoms with E-state index in [0.717, 1.165) is 11.6 Å². The lowest BCUT2D eigenvalue weighted by Gasteiger charge is -2.18. The first-order valence-electron chi connectivity index (χ1n) is 11.5. The Labute approximate surface area is 199 Å². The summed E-state index contributed by atoms with van der Waals surface area (Å²) in [7, 11) is -1.30. The van der Waals surface area contributed by atoms with Crippen LogP contribution in [0.3, 0.4) is 0 Å². The van der Waals surface area contributed by atoms with Crippen molar-refractivity contribution in [3.8, 4) is 0 Å². The second kappa shape index (κ2) is 10.2. The van der Waals surface area contributed by atoms with Gasteiger partial charge in [-0.15, -0.1) is 0 Å². The quantitative estimate of drug-likeness (QED) is 0.171. The van der Waals surface area contributed by atoms with E-state index in [1.807, 2.05) is 25.3 Å². The van der Waals surface area contributed by atoms with Crippen LogP contribution in [0.5, 0.6) is 0 Å². The van der Waals surface area contributed by atoms with Gasteiger partial charge in [-0.25, -0.2) is 4.39 Å². The molecule has 0 amide bonds. The van der Waals surface area contributed by atoms with Crippen LogP contribution in [0.15, 0.2) is 29.3 Å². The Morgan fingerprint density at radius 3 is 2.62 bits per heavy atom. The molecule has 10 heteroatoms. The van der Waals surface area contributed by atoms with Gasteiger partial charge in [0.1, 0.15) is 12.5 Å². The van der Waals surface area contributed by atoms with Crippen molar-refractivity contribution in [3.05, 3.63) is 67.6 Å². The number of hydrogen-bond donors (Lipinski definition) is 0. The maximum absolute atomic E-state index is 14.9. The summed E-state index contributed by atoms with van der Waals surface area (Å²) in [4.78, 5) is 27.6. The number of nitrogens with zero attached hydrogens (tertiary/aromatic N) is 4. The Hall–Kier alpha value is -2.85. The second-order valence-electron chi connectivity index (χ2n) is 10.3. The van der Waals surface area contributed by atoms with Crippen molar-refractivity contribution in [2.24, 2.45) is 5.92 Å². The smallest absolute Gasteiger partial charge is 0.334 e. The summed E-state index contributed by atoms with van der Waals surface area (Å²) in [5, 5.41) is 11.3. The van der Waals surface area contributed by atoms with E-state index < -0.39 is 24.2 Å². The SMILES string of the molecule is Cc1c(Cn2cccc([N+](=O)[O-])c2=O)n(COCC[Si](C)(C)C)c2c(CC(C)C)c(F)cnc12. The molecule has 184 valence electrons. The number of nitro groups is 1. The lowest BCUT2D eigenvalue weighted by atomic mass is 10.0. The molecule has 0 aromatic carbocycles. The van der Waals surface area contributed by atoms with Crippen LogP contribution in [0.1, 0.15) is 30.7 Å². The van der Waals surface area contributed by atoms with E-state index in [-0.39, 0.29) is 25.0 Å². The summed E-state index contributed by atoms with van der Waals surface area (Å²) in [6, 6.07) is 3.66. The fourth-order valence-corrected chi connectivity index (χ4v) is 4.74. The largest absolute Gasteiger partial charge is 0.361 e. The van der Waals surface area contributed by atoms with Crippen LogP contribution in [0.2, 0.25) is 25.7 Å². The first kappa shape index (κ1) is 25.8. The summed E-state index contributed by atoms with van der Waals surface area (Å²) >= 11 is 0. The van der Waals surface area contributed by atoms with Gasteiger partial charge >= 0.3 is 11.2 Å². The number of halogens is 1. The molecule has 3 rings (SSSR count). The van der Waals surface area contributed by atoms with E-state index in [4.69, 9.17) is 4.74 Å². The lowest BCUT2D eigenvalue weighted by Crippen LogP contribution is -2.24. The molecule has 0 atom stereocenters. The van der Waals surface area contributed by atoms with E-state index in [1.54, 1.807) is 0 Å². The van der Waals surface area contributed by atoms with Gasteiger partial charge in [0.2, 0.25) is 0 Å². The third-order valence-corrected chi connectivity index (χ3v) is 7.54. The van der Waals surface area contributed by atoms with Gasteiger partial charge in [-0.3, -0.25) is 19.9 Å². The number of pyridine rings is 2. The monoisotopic (exact) mass is 488 g/mol. The van der Waals surface area contributed by atoms with Crippen molar-refractivity contribution in [1.29, 1.82) is 0 Å². The first-order chi connectivity index (χ1) is 15.9. The van der Waals surface area contributed by atoms with E-state index in [9.17, 15) is 19.3 Å². The van der Waals surface area contributed by atoms with Gasteiger partial charge in [0.25, 0.3) is 0 Å². The summed E-state index contributed by atoms with van der Waals surface area (Å²) in [5.74, 6) is -0.152. The van der Waals surface area contributed by atoms with Crippen molar-refractivity contribution in [3.63, 3.8) is 0 Å². The molecule has 0 bridgehead atoms. The zero-order chi connectivity index (χ0) is 25.2. The third kappa shape index (κ3) is 5.61. The third-order valence-electron chi connectivity index (χ3n) is 5.84. The fraction of sp³-hybridized carbons (Fsp3) is 0.500. The number of hydrogen-bond acceptors (Lipinski definition) is 5. The molecular weight excluding hydrogens is 455 g/mol. The highest BCUT2D eigenvalue weighted by atomic mass is 28.3. The average Bonchev–Trinajstić information content (AvgIpc) is 2.99. The van der Waals surface area contributed by atoms with Gasteiger partial charge in [0.05, 0.1) is 28.7 Å². The van der Waals surface area contributed by atoms with Crippen molar-refractivity contribution >= 4 is 24.8 Å². The topological polar surface area (TPSA) is 92.2 Å². The Morgan fingerprint density at radius 2 is 2.00 bits per heavy atom. The minimum Gasteiger partial charge on any atom is -0.361 e. The molecular formula is C24H33FN4O4Si. The average molecular weight is 489 g/mol. The molecule has 0 fully saturated rings. The number of fused-ring (bicyclic) bond motifs is 1. The molecule has 0 radical (unpaired) electrons. The van der Waals surface area contributed by atoms with Gasteiger partial charge in [0.15, 0.2) is 0 Å². The highest BCUT2D eigenvalue weighted by Crippen LogP contribution is 2.30. The maximum atomic E-state index is 14.9. The van der Waals surface area contributed by atoms with Crippen molar-refractivity contribution < 1.29 is 14.1 Å². The van der Waals surface area contributed by atoms with Crippen LogP contribution in [0, 0.1) is 28.8 Å². The number of ether oxygens (including phenoxy) is 1. The highest BCUT2D eigenvalue weighted by molar-refractivity contribution is 6.76. The fourth-order valence-electron chi connectivity index (χ4n) is 3.99. The standard InChI is InChI=1S/C24H33FN4O4Si/c1-16(2)12-18-19(25)13-26-22-17(3)21(14-27-9-7-8-20(24(27)30)29(31)32)28(23(18)22)15-33-10-11-34(4,5)6/h7-9,13,16H,10-12,14-15H2,1-6H3. The lowest BCUT2D eigenvalue weighted by molar-refractivity contribution is -0.386. The van der Waals surface area contributed by atoms with Crippen LogP contribution < -0.4 is 5.56 Å². The zero-order valence-electron chi connectivity index (χ0n) is 20.7. The molecule has 0 saturated heterocycles. The molecule has 0 saturated carbocycles. The summed E-state index contributed by atoms with van der Waals surface area (Å²) < 4.78 is 24.2. The molecule has 3 heterocycles. The molecule has 0 aliphatic heterocycles. The molecule has 3 aromatic heterocycles. The molecule has 0 unspecified atom stereocenters. The number of aryl methyl sites for hydroxylation is 1. The molecule has 8 nitrogen and oxygen atoms in total. The molecule has 34 heavy (non-hydrogen) atoms. The molecule has 0 aliphatic carbocycles. The Balaban J connectivity index is 2.14. The predicted octanol–water partition coefficient (Wildman–Crippen LogP) is 5.11. The molecule has 3 aromatic rings. The Bertz CT molecular complexity index is 1260. The van der Waals surface area contributed by atoms with Crippen LogP contribution in [0.4, 0.5) is 10.1 Å². The van der Waals surface area contributed by atoms with Crippen molar-refractivity contribution in [1.82, 2.24) is 14.1 Å². The zero-order valence-corrected chi connectivity index (χ0v) is 21.7. The molecule has 0 N–H and O–H groups in total. The van der Waals surface area contributed by atoms with Gasteiger partial charge in [-0.05, 0) is 36.9 Å². The molecule has 0 spiro atoms. The maximum Gasteiger partial charge on any atom is 0.334 e. The highest BCUT2D eigenvalue weighted by Gasteiger charge is 2.23. The second-order valence-corrected chi connectivity index (χ2v) is 15.9. The number of aromatic nitrogens is 3. The van der Waals surface area contributed by atoms with Crippen LogP contribution in [-0.4, -0.2) is 33.7 Å². The Kier molecular flexibility index (Phi) is 7.72. The Morgan fingerprint density at radius 1 is 1.29 bits per heavy atom. The van der Waals surface area contributed by atoms with E-state index in [0.29, 0.717) is 35.3 Å². The van der Waals surface area contributed by atoms with Gasteiger partial charge in [0, 0.05) is 38.2 Å². The summed E-state index contributed by atoms with van der Waals surface area (Å²) in [6.45, 7) is 13.6. The number of rotatable bonds is 10. The summed E-state index contributed by atoms with van der Waals surface area (Å²) in [5.41, 5.74) is 2.21. The van der Waals surface area contributed by atoms with Crippen LogP contribution >= 0.6 is 0 Å². The van der Waals surface area contributed by atoms with Crippen molar-refractivity contribution in [2.75, 3.05) is 6.61 Å².